The average molecular weight is 309 g/mol. The molecular weight excluding hydrogens is 291 g/mol. The largest absolute Gasteiger partial charge is 0.310 e. The molecule has 0 amide bonds. The van der Waals surface area contributed by atoms with Crippen molar-refractivity contribution < 1.29 is 0 Å². The number of hydrogen-bond donors (Lipinski definition) is 1. The molecule has 1 atom stereocenters. The predicted octanol–water partition coefficient (Wildman–Crippen LogP) is 4.59. The van der Waals surface area contributed by atoms with Gasteiger partial charge in [0.1, 0.15) is 0 Å². The smallest absolute Gasteiger partial charge is 0.0453 e. The van der Waals surface area contributed by atoms with Gasteiger partial charge >= 0.3 is 0 Å². The second-order valence-corrected chi connectivity index (χ2v) is 5.69. The molecule has 0 aliphatic heterocycles. The van der Waals surface area contributed by atoms with Crippen LogP contribution in [0.1, 0.15) is 29.7 Å². The molecule has 2 aromatic rings. The molecule has 0 radical (unpaired) electrons. The van der Waals surface area contributed by atoms with Gasteiger partial charge in [0.05, 0.1) is 0 Å². The van der Waals surface area contributed by atoms with E-state index in [4.69, 9.17) is 23.2 Å². The highest BCUT2D eigenvalue weighted by Crippen LogP contribution is 2.26. The minimum Gasteiger partial charge on any atom is -0.310 e. The number of halogens is 2. The molecule has 106 valence electrons. The minimum absolute atomic E-state index is 0.200. The lowest BCUT2D eigenvalue weighted by molar-refractivity contribution is 0.548. The maximum Gasteiger partial charge on any atom is 0.0453 e. The van der Waals surface area contributed by atoms with E-state index in [1.807, 2.05) is 24.5 Å². The number of nitrogens with one attached hydrogen (secondary N) is 1. The monoisotopic (exact) mass is 308 g/mol. The van der Waals surface area contributed by atoms with Crippen molar-refractivity contribution in [3.8, 4) is 0 Å². The molecule has 4 heteroatoms. The fourth-order valence-electron chi connectivity index (χ4n) is 2.23. The molecule has 20 heavy (non-hydrogen) atoms. The lowest BCUT2D eigenvalue weighted by atomic mass is 9.99. The van der Waals surface area contributed by atoms with E-state index in [9.17, 15) is 0 Å². The number of pyridine rings is 1. The maximum atomic E-state index is 6.26. The van der Waals surface area contributed by atoms with Gasteiger partial charge in [-0.05, 0) is 48.7 Å². The van der Waals surface area contributed by atoms with Crippen LogP contribution in [0.15, 0.2) is 36.7 Å². The Kier molecular flexibility index (Phi) is 5.41. The molecule has 1 aromatic heterocycles. The van der Waals surface area contributed by atoms with Gasteiger partial charge in [-0.3, -0.25) is 4.98 Å². The Labute approximate surface area is 130 Å². The summed E-state index contributed by atoms with van der Waals surface area (Å²) in [5.74, 6) is 0. The number of hydrogen-bond acceptors (Lipinski definition) is 2. The van der Waals surface area contributed by atoms with Gasteiger partial charge in [-0.15, -0.1) is 0 Å². The molecule has 0 fully saturated rings. The topological polar surface area (TPSA) is 24.9 Å². The van der Waals surface area contributed by atoms with Crippen LogP contribution in [0.25, 0.3) is 0 Å². The number of nitrogens with zero attached hydrogens (tertiary/aromatic N) is 1. The Hall–Kier alpha value is -1.09. The van der Waals surface area contributed by atoms with E-state index in [0.717, 1.165) is 24.1 Å². The zero-order valence-corrected chi connectivity index (χ0v) is 13.2. The van der Waals surface area contributed by atoms with Crippen molar-refractivity contribution in [2.24, 2.45) is 0 Å². The van der Waals surface area contributed by atoms with E-state index >= 15 is 0 Å². The molecule has 2 nitrogen and oxygen atoms in total. The first-order valence-electron chi connectivity index (χ1n) is 6.69. The molecule has 2 rings (SSSR count). The summed E-state index contributed by atoms with van der Waals surface area (Å²) < 4.78 is 0. The van der Waals surface area contributed by atoms with Gasteiger partial charge in [0.2, 0.25) is 0 Å². The lowest BCUT2D eigenvalue weighted by Gasteiger charge is -2.19. The van der Waals surface area contributed by atoms with Gasteiger partial charge in [-0.1, -0.05) is 42.3 Å². The fraction of sp³-hybridized carbons (Fsp3) is 0.312. The molecule has 0 saturated heterocycles. The summed E-state index contributed by atoms with van der Waals surface area (Å²) >= 11 is 12.2. The Bertz CT molecular complexity index is 584. The molecule has 0 aliphatic rings. The van der Waals surface area contributed by atoms with E-state index < -0.39 is 0 Å². The number of benzene rings is 1. The van der Waals surface area contributed by atoms with Crippen LogP contribution in [0.2, 0.25) is 10.0 Å². The third-order valence-electron chi connectivity index (χ3n) is 3.19. The van der Waals surface area contributed by atoms with Crippen molar-refractivity contribution in [2.45, 2.75) is 26.3 Å². The summed E-state index contributed by atoms with van der Waals surface area (Å²) in [6, 6.07) is 8.00. The Morgan fingerprint density at radius 1 is 1.20 bits per heavy atom. The van der Waals surface area contributed by atoms with Gasteiger partial charge in [0, 0.05) is 28.5 Å². The molecule has 1 N–H and O–H groups in total. The standard InChI is InChI=1S/C16H18Cl2N2/c1-3-20-16(13-6-11(2)9-19-10-13)7-12-4-5-14(17)8-15(12)18/h4-6,8-10,16,20H,3,7H2,1-2H3. The van der Waals surface area contributed by atoms with E-state index in [1.54, 1.807) is 6.07 Å². The summed E-state index contributed by atoms with van der Waals surface area (Å²) in [6.45, 7) is 5.04. The van der Waals surface area contributed by atoms with Gasteiger partial charge in [0.15, 0.2) is 0 Å². The van der Waals surface area contributed by atoms with Gasteiger partial charge in [-0.25, -0.2) is 0 Å². The van der Waals surface area contributed by atoms with Crippen molar-refractivity contribution in [1.29, 1.82) is 0 Å². The third-order valence-corrected chi connectivity index (χ3v) is 3.78. The normalized spacial score (nSPS) is 12.4. The van der Waals surface area contributed by atoms with Gasteiger partial charge in [0.25, 0.3) is 0 Å². The summed E-state index contributed by atoms with van der Waals surface area (Å²) in [7, 11) is 0. The Morgan fingerprint density at radius 2 is 2.00 bits per heavy atom. The Morgan fingerprint density at radius 3 is 2.65 bits per heavy atom. The van der Waals surface area contributed by atoms with Crippen LogP contribution in [0.5, 0.6) is 0 Å². The van der Waals surface area contributed by atoms with Crippen LogP contribution >= 0.6 is 23.2 Å². The van der Waals surface area contributed by atoms with Crippen molar-refractivity contribution in [3.05, 3.63) is 63.4 Å². The first-order chi connectivity index (χ1) is 9.60. The summed E-state index contributed by atoms with van der Waals surface area (Å²) in [6.07, 6.45) is 4.58. The van der Waals surface area contributed by atoms with Crippen molar-refractivity contribution in [1.82, 2.24) is 10.3 Å². The molecule has 1 aromatic carbocycles. The van der Waals surface area contributed by atoms with Crippen LogP contribution in [0, 0.1) is 6.92 Å². The molecule has 1 heterocycles. The predicted molar refractivity (Wildman–Crippen MR) is 85.6 cm³/mol. The summed E-state index contributed by atoms with van der Waals surface area (Å²) in [5, 5.41) is 4.86. The van der Waals surface area contributed by atoms with Crippen LogP contribution in [-0.4, -0.2) is 11.5 Å². The van der Waals surface area contributed by atoms with E-state index in [-0.39, 0.29) is 6.04 Å². The number of aryl methyl sites for hydroxylation is 1. The van der Waals surface area contributed by atoms with E-state index in [1.165, 1.54) is 5.56 Å². The van der Waals surface area contributed by atoms with Gasteiger partial charge in [-0.2, -0.15) is 0 Å². The number of likely N-dealkylation sites (N-methyl/N-ethyl adjacent to an activating group) is 1. The molecule has 0 saturated carbocycles. The van der Waals surface area contributed by atoms with Crippen molar-refractivity contribution in [2.75, 3.05) is 6.54 Å². The molecular formula is C16H18Cl2N2. The van der Waals surface area contributed by atoms with Gasteiger partial charge < -0.3 is 5.32 Å². The van der Waals surface area contributed by atoms with Crippen LogP contribution in [0.4, 0.5) is 0 Å². The van der Waals surface area contributed by atoms with Crippen molar-refractivity contribution >= 4 is 23.2 Å². The quantitative estimate of drug-likeness (QED) is 0.874. The number of rotatable bonds is 5. The van der Waals surface area contributed by atoms with Crippen molar-refractivity contribution in [3.63, 3.8) is 0 Å². The first-order valence-corrected chi connectivity index (χ1v) is 7.44. The Balaban J connectivity index is 2.25. The minimum atomic E-state index is 0.200. The molecule has 0 aliphatic carbocycles. The highest BCUT2D eigenvalue weighted by atomic mass is 35.5. The summed E-state index contributed by atoms with van der Waals surface area (Å²) in [5.41, 5.74) is 3.42. The van der Waals surface area contributed by atoms with Crippen LogP contribution in [-0.2, 0) is 6.42 Å². The second-order valence-electron chi connectivity index (χ2n) is 4.85. The second kappa shape index (κ2) is 7.07. The van der Waals surface area contributed by atoms with Crippen LogP contribution < -0.4 is 5.32 Å². The zero-order valence-electron chi connectivity index (χ0n) is 11.7. The highest BCUT2D eigenvalue weighted by molar-refractivity contribution is 6.35. The maximum absolute atomic E-state index is 6.26. The SMILES string of the molecule is CCNC(Cc1ccc(Cl)cc1Cl)c1cncc(C)c1. The number of aromatic nitrogens is 1. The third kappa shape index (κ3) is 3.95. The van der Waals surface area contributed by atoms with Crippen LogP contribution in [0.3, 0.4) is 0 Å². The molecule has 0 spiro atoms. The van der Waals surface area contributed by atoms with E-state index in [2.05, 4.69) is 30.2 Å². The van der Waals surface area contributed by atoms with E-state index in [0.29, 0.717) is 10.0 Å². The highest BCUT2D eigenvalue weighted by Gasteiger charge is 2.13. The first kappa shape index (κ1) is 15.3. The average Bonchev–Trinajstić information content (AvgIpc) is 2.41. The molecule has 0 bridgehead atoms. The fourth-order valence-corrected chi connectivity index (χ4v) is 2.72. The molecule has 1 unspecified atom stereocenters. The lowest BCUT2D eigenvalue weighted by Crippen LogP contribution is -2.23. The summed E-state index contributed by atoms with van der Waals surface area (Å²) in [4.78, 5) is 4.27. The zero-order chi connectivity index (χ0) is 14.5.